The van der Waals surface area contributed by atoms with Crippen molar-refractivity contribution < 1.29 is 5.11 Å². The average molecular weight is 296 g/mol. The second kappa shape index (κ2) is 6.88. The molecule has 110 valence electrons. The van der Waals surface area contributed by atoms with E-state index in [9.17, 15) is 5.11 Å². The van der Waals surface area contributed by atoms with Crippen LogP contribution in [0.15, 0.2) is 72.8 Å². The molecule has 0 saturated heterocycles. The zero-order valence-electron chi connectivity index (χ0n) is 12.9. The van der Waals surface area contributed by atoms with E-state index in [-0.39, 0.29) is 0 Å². The predicted molar refractivity (Wildman–Crippen MR) is 93.5 cm³/mol. The summed E-state index contributed by atoms with van der Waals surface area (Å²) >= 11 is 0. The van der Waals surface area contributed by atoms with Crippen LogP contribution in [0, 0.1) is 0 Å². The van der Waals surface area contributed by atoms with Crippen molar-refractivity contribution in [3.8, 4) is 0 Å². The smallest absolute Gasteiger partial charge is 0.0845 e. The molecule has 1 atom stereocenters. The molecule has 1 nitrogen and oxygen atoms in total. The van der Waals surface area contributed by atoms with Crippen LogP contribution in [-0.4, -0.2) is 13.2 Å². The molecule has 1 N–H and O–H groups in total. The predicted octanol–water partition coefficient (Wildman–Crippen LogP) is 4.28. The molecular formula is C19H24OSi. The van der Waals surface area contributed by atoms with Gasteiger partial charge in [0.2, 0.25) is 0 Å². The number of hydrogen-bond donors (Lipinski definition) is 1. The summed E-state index contributed by atoms with van der Waals surface area (Å²) in [4.78, 5) is 0. The number of hydrogen-bond acceptors (Lipinski definition) is 1. The third-order valence-electron chi connectivity index (χ3n) is 3.91. The lowest BCUT2D eigenvalue weighted by atomic mass is 10.0. The van der Waals surface area contributed by atoms with Gasteiger partial charge < -0.3 is 5.11 Å². The summed E-state index contributed by atoms with van der Waals surface area (Å²) in [6.45, 7) is 8.93. The maximum absolute atomic E-state index is 10.3. The quantitative estimate of drug-likeness (QED) is 0.623. The van der Waals surface area contributed by atoms with E-state index in [4.69, 9.17) is 0 Å². The Balaban J connectivity index is 1.98. The van der Waals surface area contributed by atoms with Crippen LogP contribution in [0.2, 0.25) is 19.1 Å². The van der Waals surface area contributed by atoms with Crippen molar-refractivity contribution in [3.05, 3.63) is 78.4 Å². The molecule has 2 aromatic carbocycles. The minimum absolute atomic E-state index is 0.445. The summed E-state index contributed by atoms with van der Waals surface area (Å²) < 4.78 is 0. The molecule has 0 radical (unpaired) electrons. The Morgan fingerprint density at radius 3 is 2.10 bits per heavy atom. The van der Waals surface area contributed by atoms with Crippen LogP contribution in [0.3, 0.4) is 0 Å². The van der Waals surface area contributed by atoms with Crippen molar-refractivity contribution in [2.45, 2.75) is 31.7 Å². The van der Waals surface area contributed by atoms with Gasteiger partial charge in [-0.15, -0.1) is 6.58 Å². The minimum atomic E-state index is -1.52. The van der Waals surface area contributed by atoms with E-state index in [1.807, 2.05) is 30.3 Å². The largest absolute Gasteiger partial charge is 0.388 e. The third-order valence-corrected chi connectivity index (χ3v) is 7.19. The second-order valence-electron chi connectivity index (χ2n) is 6.31. The number of rotatable bonds is 6. The van der Waals surface area contributed by atoms with Gasteiger partial charge in [0.25, 0.3) is 0 Å². The van der Waals surface area contributed by atoms with Gasteiger partial charge in [-0.2, -0.15) is 0 Å². The highest BCUT2D eigenvalue weighted by Gasteiger charge is 2.24. The Morgan fingerprint density at radius 2 is 1.52 bits per heavy atom. The zero-order valence-corrected chi connectivity index (χ0v) is 13.9. The van der Waals surface area contributed by atoms with Crippen LogP contribution in [0.25, 0.3) is 0 Å². The lowest BCUT2D eigenvalue weighted by Crippen LogP contribution is -2.41. The molecule has 0 aliphatic carbocycles. The molecule has 2 aromatic rings. The van der Waals surface area contributed by atoms with Gasteiger partial charge in [-0.05, 0) is 18.0 Å². The normalized spacial score (nSPS) is 12.9. The van der Waals surface area contributed by atoms with Crippen molar-refractivity contribution in [3.63, 3.8) is 0 Å². The fraction of sp³-hybridized carbons (Fsp3) is 0.263. The maximum Gasteiger partial charge on any atom is 0.0845 e. The molecule has 2 rings (SSSR count). The van der Waals surface area contributed by atoms with Crippen molar-refractivity contribution in [2.24, 2.45) is 0 Å². The minimum Gasteiger partial charge on any atom is -0.388 e. The highest BCUT2D eigenvalue weighted by molar-refractivity contribution is 6.90. The maximum atomic E-state index is 10.3. The van der Waals surface area contributed by atoms with Gasteiger partial charge in [-0.3, -0.25) is 0 Å². The van der Waals surface area contributed by atoms with Crippen molar-refractivity contribution in [2.75, 3.05) is 0 Å². The fourth-order valence-electron chi connectivity index (χ4n) is 2.76. The average Bonchev–Trinajstić information content (AvgIpc) is 2.48. The van der Waals surface area contributed by atoms with Gasteiger partial charge in [-0.25, -0.2) is 0 Å². The van der Waals surface area contributed by atoms with Crippen LogP contribution in [-0.2, 0) is 0 Å². The van der Waals surface area contributed by atoms with E-state index < -0.39 is 14.2 Å². The number of benzene rings is 2. The van der Waals surface area contributed by atoms with E-state index in [2.05, 4.69) is 50.0 Å². The van der Waals surface area contributed by atoms with Crippen molar-refractivity contribution in [1.29, 1.82) is 0 Å². The molecule has 0 spiro atoms. The van der Waals surface area contributed by atoms with E-state index in [0.717, 1.165) is 17.2 Å². The number of aliphatic hydroxyl groups is 1. The monoisotopic (exact) mass is 296 g/mol. The van der Waals surface area contributed by atoms with Gasteiger partial charge in [0.05, 0.1) is 14.2 Å². The zero-order chi connectivity index (χ0) is 15.3. The highest BCUT2D eigenvalue weighted by Crippen LogP contribution is 2.25. The van der Waals surface area contributed by atoms with Crippen LogP contribution >= 0.6 is 0 Å². The molecule has 0 saturated carbocycles. The molecule has 0 heterocycles. The topological polar surface area (TPSA) is 20.2 Å². The van der Waals surface area contributed by atoms with Gasteiger partial charge in [0.1, 0.15) is 0 Å². The Hall–Kier alpha value is -1.64. The first-order valence-corrected chi connectivity index (χ1v) is 10.6. The lowest BCUT2D eigenvalue weighted by molar-refractivity contribution is 0.178. The molecule has 0 amide bonds. The highest BCUT2D eigenvalue weighted by atomic mass is 28.3. The lowest BCUT2D eigenvalue weighted by Gasteiger charge is -2.25. The molecule has 2 heteroatoms. The van der Waals surface area contributed by atoms with Gasteiger partial charge in [-0.1, -0.05) is 84.5 Å². The van der Waals surface area contributed by atoms with E-state index >= 15 is 0 Å². The van der Waals surface area contributed by atoms with Gasteiger partial charge in [0, 0.05) is 0 Å². The first-order valence-electron chi connectivity index (χ1n) is 7.44. The summed E-state index contributed by atoms with van der Waals surface area (Å²) in [6.07, 6.45) is 0.201. The van der Waals surface area contributed by atoms with Crippen LogP contribution in [0.1, 0.15) is 18.1 Å². The molecule has 0 bridgehead atoms. The Morgan fingerprint density at radius 1 is 1.00 bits per heavy atom. The summed E-state index contributed by atoms with van der Waals surface area (Å²) in [5.41, 5.74) is 2.12. The van der Waals surface area contributed by atoms with E-state index in [1.165, 1.54) is 5.19 Å². The Kier molecular flexibility index (Phi) is 5.15. The Labute approximate surface area is 129 Å². The molecule has 0 fully saturated rings. The summed E-state index contributed by atoms with van der Waals surface area (Å²) in [6, 6.07) is 21.5. The van der Waals surface area contributed by atoms with E-state index in [0.29, 0.717) is 6.42 Å². The summed E-state index contributed by atoms with van der Waals surface area (Å²) in [5, 5.41) is 11.8. The van der Waals surface area contributed by atoms with Crippen LogP contribution < -0.4 is 5.19 Å². The fourth-order valence-corrected chi connectivity index (χ4v) is 5.45. The Bertz CT molecular complexity index is 575. The molecule has 0 aliphatic heterocycles. The van der Waals surface area contributed by atoms with Gasteiger partial charge >= 0.3 is 0 Å². The molecule has 21 heavy (non-hydrogen) atoms. The second-order valence-corrected chi connectivity index (χ2v) is 11.0. The molecule has 1 unspecified atom stereocenters. The van der Waals surface area contributed by atoms with Crippen molar-refractivity contribution >= 4 is 13.3 Å². The number of aliphatic hydroxyl groups excluding tert-OH is 1. The SMILES string of the molecule is C=C(CC(O)c1ccccc1)C[Si](C)(C)c1ccccc1. The molecule has 0 aromatic heterocycles. The third kappa shape index (κ3) is 4.41. The van der Waals surface area contributed by atoms with E-state index in [1.54, 1.807) is 0 Å². The summed E-state index contributed by atoms with van der Waals surface area (Å²) in [7, 11) is -1.52. The summed E-state index contributed by atoms with van der Waals surface area (Å²) in [5.74, 6) is 0. The van der Waals surface area contributed by atoms with Gasteiger partial charge in [0.15, 0.2) is 0 Å². The standard InChI is InChI=1S/C19H24OSi/c1-16(14-19(20)17-10-6-4-7-11-17)15-21(2,3)18-12-8-5-9-13-18/h4-13,19-20H,1,14-15H2,2-3H3. The van der Waals surface area contributed by atoms with Crippen LogP contribution in [0.4, 0.5) is 0 Å². The van der Waals surface area contributed by atoms with Crippen LogP contribution in [0.5, 0.6) is 0 Å². The first-order chi connectivity index (χ1) is 9.99. The molecule has 0 aliphatic rings. The first kappa shape index (κ1) is 15.7. The van der Waals surface area contributed by atoms with Crippen molar-refractivity contribution in [1.82, 2.24) is 0 Å². The molecular weight excluding hydrogens is 272 g/mol.